The molecule has 1 aromatic heterocycles. The first-order valence-electron chi connectivity index (χ1n) is 10.7. The third kappa shape index (κ3) is 5.03. The molecule has 34 heavy (non-hydrogen) atoms. The quantitative estimate of drug-likeness (QED) is 0.244. The number of allylic oxidation sites excluding steroid dienone is 2. The van der Waals surface area contributed by atoms with Crippen LogP contribution in [0.1, 0.15) is 35.0 Å². The maximum absolute atomic E-state index is 12.6. The topological polar surface area (TPSA) is 108 Å². The molecule has 9 heteroatoms. The first-order valence-corrected chi connectivity index (χ1v) is 11.9. The number of fused-ring (bicyclic) bond motifs is 1. The molecule has 0 fully saturated rings. The van der Waals surface area contributed by atoms with Gasteiger partial charge in [0.05, 0.1) is 22.6 Å². The van der Waals surface area contributed by atoms with Crippen molar-refractivity contribution in [3.63, 3.8) is 0 Å². The number of halogens is 1. The zero-order valence-corrected chi connectivity index (χ0v) is 19.8. The van der Waals surface area contributed by atoms with Gasteiger partial charge in [-0.3, -0.25) is 14.4 Å². The first kappa shape index (κ1) is 23.7. The van der Waals surface area contributed by atoms with Crippen molar-refractivity contribution < 1.29 is 19.5 Å². The van der Waals surface area contributed by atoms with E-state index in [4.69, 9.17) is 11.6 Å². The molecule has 0 unspecified atom stereocenters. The van der Waals surface area contributed by atoms with Gasteiger partial charge in [-0.1, -0.05) is 54.1 Å². The summed E-state index contributed by atoms with van der Waals surface area (Å²) in [5.74, 6) is -3.00. The number of benzene rings is 2. The molecule has 2 aromatic carbocycles. The molecule has 0 spiro atoms. The Bertz CT molecular complexity index is 1310. The Morgan fingerprint density at radius 3 is 2.38 bits per heavy atom. The lowest BCUT2D eigenvalue weighted by molar-refractivity contribution is -0.146. The Morgan fingerprint density at radius 1 is 1.03 bits per heavy atom. The molecule has 4 rings (SSSR count). The van der Waals surface area contributed by atoms with Gasteiger partial charge in [-0.15, -0.1) is 11.3 Å². The summed E-state index contributed by atoms with van der Waals surface area (Å²) in [5.41, 5.74) is 4.43. The summed E-state index contributed by atoms with van der Waals surface area (Å²) < 4.78 is 0.926. The van der Waals surface area contributed by atoms with Crippen LogP contribution in [0.2, 0.25) is 5.02 Å². The molecule has 1 heterocycles. The van der Waals surface area contributed by atoms with Crippen LogP contribution in [-0.4, -0.2) is 28.6 Å². The van der Waals surface area contributed by atoms with E-state index in [9.17, 15) is 19.5 Å². The van der Waals surface area contributed by atoms with E-state index in [1.807, 2.05) is 30.3 Å². The Labute approximate surface area is 205 Å². The largest absolute Gasteiger partial charge is 0.481 e. The highest BCUT2D eigenvalue weighted by atomic mass is 35.5. The lowest BCUT2D eigenvalue weighted by Gasteiger charge is -2.24. The number of aliphatic carboxylic acids is 1. The van der Waals surface area contributed by atoms with Crippen LogP contribution < -0.4 is 10.7 Å². The van der Waals surface area contributed by atoms with Crippen LogP contribution in [0.15, 0.2) is 65.8 Å². The molecule has 3 N–H and O–H groups in total. The van der Waals surface area contributed by atoms with E-state index in [0.717, 1.165) is 15.6 Å². The van der Waals surface area contributed by atoms with Crippen molar-refractivity contribution in [2.75, 3.05) is 5.32 Å². The van der Waals surface area contributed by atoms with E-state index in [2.05, 4.69) is 15.8 Å². The first-order chi connectivity index (χ1) is 16.3. The molecule has 0 saturated carbocycles. The Morgan fingerprint density at radius 2 is 1.71 bits per heavy atom. The molecule has 1 aliphatic carbocycles. The Hall–Kier alpha value is -3.49. The highest BCUT2D eigenvalue weighted by Crippen LogP contribution is 2.35. The molecule has 0 saturated heterocycles. The van der Waals surface area contributed by atoms with Crippen molar-refractivity contribution in [2.24, 2.45) is 16.9 Å². The number of carbonyl (C=O) groups is 3. The number of nitrogens with zero attached hydrogens (tertiary/aromatic N) is 1. The maximum Gasteiger partial charge on any atom is 0.307 e. The van der Waals surface area contributed by atoms with Crippen LogP contribution >= 0.6 is 22.9 Å². The normalized spacial score (nSPS) is 18.0. The highest BCUT2D eigenvalue weighted by Gasteiger charge is 2.33. The fraction of sp³-hybridized carbons (Fsp3) is 0.200. The van der Waals surface area contributed by atoms with Crippen molar-refractivity contribution in [1.29, 1.82) is 0 Å². The summed E-state index contributed by atoms with van der Waals surface area (Å²) >= 11 is 7.66. The summed E-state index contributed by atoms with van der Waals surface area (Å²) in [6.45, 7) is 1.76. The van der Waals surface area contributed by atoms with Gasteiger partial charge in [-0.05, 0) is 43.5 Å². The van der Waals surface area contributed by atoms with Gasteiger partial charge in [0.1, 0.15) is 4.88 Å². The summed E-state index contributed by atoms with van der Waals surface area (Å²) in [5, 5.41) is 17.6. The smallest absolute Gasteiger partial charge is 0.307 e. The van der Waals surface area contributed by atoms with Crippen LogP contribution in [-0.2, 0) is 9.59 Å². The molecule has 0 bridgehead atoms. The standard InChI is InChI=1S/C25H22ClN3O4S/c1-14(28-29-24(31)22-21(26)19-8-4-5-9-20(19)34-22)15-10-12-16(13-11-15)27-23(30)17-6-2-3-7-18(17)25(32)33/h2-5,8-13,17-18H,6-7H2,1H3,(H,27,30)(H,29,31)(H,32,33)/b28-14-/t17-,18-/m0/s1. The number of carboxylic acid groups (broad SMARTS) is 1. The lowest BCUT2D eigenvalue weighted by Crippen LogP contribution is -2.34. The number of hydrogen-bond acceptors (Lipinski definition) is 5. The van der Waals surface area contributed by atoms with E-state index < -0.39 is 17.8 Å². The monoisotopic (exact) mass is 495 g/mol. The summed E-state index contributed by atoms with van der Waals surface area (Å²) in [4.78, 5) is 37.0. The van der Waals surface area contributed by atoms with Crippen LogP contribution in [0.25, 0.3) is 10.1 Å². The number of carboxylic acids is 1. The fourth-order valence-corrected chi connectivity index (χ4v) is 5.22. The average Bonchev–Trinajstić information content (AvgIpc) is 3.19. The minimum Gasteiger partial charge on any atom is -0.481 e. The van der Waals surface area contributed by atoms with Gasteiger partial charge in [-0.25, -0.2) is 5.43 Å². The number of thiophene rings is 1. The number of carbonyl (C=O) groups excluding carboxylic acids is 2. The number of hydrogen-bond donors (Lipinski definition) is 3. The maximum atomic E-state index is 12.6. The second-order valence-electron chi connectivity index (χ2n) is 7.94. The van der Waals surface area contributed by atoms with E-state index >= 15 is 0 Å². The van der Waals surface area contributed by atoms with Gasteiger partial charge in [0.15, 0.2) is 0 Å². The number of amides is 2. The molecule has 3 aromatic rings. The van der Waals surface area contributed by atoms with Crippen molar-refractivity contribution in [2.45, 2.75) is 19.8 Å². The molecule has 2 amide bonds. The number of nitrogens with one attached hydrogen (secondary N) is 2. The molecule has 0 radical (unpaired) electrons. The summed E-state index contributed by atoms with van der Waals surface area (Å²) in [6.07, 6.45) is 4.39. The van der Waals surface area contributed by atoms with Crippen LogP contribution in [0.3, 0.4) is 0 Å². The van der Waals surface area contributed by atoms with Crippen LogP contribution in [0, 0.1) is 11.8 Å². The highest BCUT2D eigenvalue weighted by molar-refractivity contribution is 7.21. The number of anilines is 1. The molecule has 7 nitrogen and oxygen atoms in total. The van der Waals surface area contributed by atoms with Crippen molar-refractivity contribution in [3.05, 3.63) is 76.1 Å². The lowest BCUT2D eigenvalue weighted by atomic mass is 9.82. The average molecular weight is 496 g/mol. The molecular weight excluding hydrogens is 474 g/mol. The van der Waals surface area contributed by atoms with Crippen molar-refractivity contribution in [3.8, 4) is 0 Å². The van der Waals surface area contributed by atoms with E-state index in [1.165, 1.54) is 11.3 Å². The van der Waals surface area contributed by atoms with Gasteiger partial charge in [0, 0.05) is 15.8 Å². The van der Waals surface area contributed by atoms with Crippen LogP contribution in [0.5, 0.6) is 0 Å². The van der Waals surface area contributed by atoms with Gasteiger partial charge in [-0.2, -0.15) is 5.10 Å². The molecule has 1 aliphatic rings. The van der Waals surface area contributed by atoms with E-state index in [-0.39, 0.29) is 11.8 Å². The van der Waals surface area contributed by atoms with Crippen LogP contribution in [0.4, 0.5) is 5.69 Å². The fourth-order valence-electron chi connectivity index (χ4n) is 3.82. The van der Waals surface area contributed by atoms with Gasteiger partial charge in [0.2, 0.25) is 5.91 Å². The Kier molecular flexibility index (Phi) is 7.09. The third-order valence-corrected chi connectivity index (χ3v) is 7.40. The third-order valence-electron chi connectivity index (χ3n) is 5.72. The zero-order valence-electron chi connectivity index (χ0n) is 18.2. The zero-order chi connectivity index (χ0) is 24.2. The minimum absolute atomic E-state index is 0.317. The van der Waals surface area contributed by atoms with E-state index in [0.29, 0.717) is 34.1 Å². The second-order valence-corrected chi connectivity index (χ2v) is 9.37. The van der Waals surface area contributed by atoms with Gasteiger partial charge in [0.25, 0.3) is 5.91 Å². The number of hydrazone groups is 1. The molecule has 2 atom stereocenters. The predicted octanol–water partition coefficient (Wildman–Crippen LogP) is 5.31. The SMILES string of the molecule is C/C(=N/NC(=O)c1sc2ccccc2c1Cl)c1ccc(NC(=O)[C@H]2CC=CC[C@@H]2C(=O)O)cc1. The van der Waals surface area contributed by atoms with Crippen molar-refractivity contribution >= 4 is 62.2 Å². The van der Waals surface area contributed by atoms with Crippen molar-refractivity contribution in [1.82, 2.24) is 5.43 Å². The number of rotatable bonds is 6. The molecule has 174 valence electrons. The molecule has 0 aliphatic heterocycles. The van der Waals surface area contributed by atoms with Gasteiger partial charge < -0.3 is 10.4 Å². The second kappa shape index (κ2) is 10.2. The summed E-state index contributed by atoms with van der Waals surface area (Å²) in [7, 11) is 0. The van der Waals surface area contributed by atoms with Gasteiger partial charge >= 0.3 is 5.97 Å². The minimum atomic E-state index is -0.967. The summed E-state index contributed by atoms with van der Waals surface area (Å²) in [6, 6.07) is 14.5. The Balaban J connectivity index is 1.40. The van der Waals surface area contributed by atoms with E-state index in [1.54, 1.807) is 37.3 Å². The predicted molar refractivity (Wildman–Crippen MR) is 135 cm³/mol. The molecular formula is C25H22ClN3O4S.